The van der Waals surface area contributed by atoms with E-state index in [1.165, 1.54) is 6.07 Å². The number of carbonyl (C=O) groups is 4. The molecule has 0 aliphatic heterocycles. The maximum absolute atomic E-state index is 12.9. The Morgan fingerprint density at radius 2 is 1.36 bits per heavy atom. The van der Waals surface area contributed by atoms with Crippen molar-refractivity contribution in [2.45, 2.75) is 33.6 Å². The minimum absolute atomic E-state index is 0.0522. The molecule has 1 aliphatic rings. The van der Waals surface area contributed by atoms with E-state index in [0.717, 1.165) is 12.0 Å². The molecule has 5 heteroatoms. The first-order valence-corrected chi connectivity index (χ1v) is 11.0. The third kappa shape index (κ3) is 4.27. The fourth-order valence-electron chi connectivity index (χ4n) is 3.73. The molecule has 1 amide bonds. The molecule has 0 unspecified atom stereocenters. The second kappa shape index (κ2) is 8.58. The van der Waals surface area contributed by atoms with Crippen molar-refractivity contribution in [3.8, 4) is 0 Å². The Bertz CT molecular complexity index is 1290. The van der Waals surface area contributed by atoms with Crippen LogP contribution in [0.3, 0.4) is 0 Å². The summed E-state index contributed by atoms with van der Waals surface area (Å²) in [6.45, 7) is 5.76. The van der Waals surface area contributed by atoms with Gasteiger partial charge < -0.3 is 5.32 Å². The second-order valence-electron chi connectivity index (χ2n) is 8.95. The highest BCUT2D eigenvalue weighted by Gasteiger charge is 2.30. The molecule has 0 spiro atoms. The fraction of sp³-hybridized carbons (Fsp3) is 0.214. The summed E-state index contributed by atoms with van der Waals surface area (Å²) in [6, 6.07) is 18.6. The number of ketones is 3. The molecule has 0 saturated carbocycles. The zero-order valence-electron chi connectivity index (χ0n) is 18.9. The number of carbonyl (C=O) groups excluding carboxylic acids is 4. The highest BCUT2D eigenvalue weighted by molar-refractivity contribution is 6.28. The third-order valence-electron chi connectivity index (χ3n) is 6.32. The van der Waals surface area contributed by atoms with E-state index >= 15 is 0 Å². The average molecular weight is 440 g/mol. The third-order valence-corrected chi connectivity index (χ3v) is 6.32. The zero-order chi connectivity index (χ0) is 23.8. The van der Waals surface area contributed by atoms with Gasteiger partial charge in [0.05, 0.1) is 0 Å². The van der Waals surface area contributed by atoms with Gasteiger partial charge in [-0.15, -0.1) is 0 Å². The van der Waals surface area contributed by atoms with Crippen molar-refractivity contribution in [1.82, 2.24) is 0 Å². The molecule has 4 rings (SSSR count). The summed E-state index contributed by atoms with van der Waals surface area (Å²) in [4.78, 5) is 50.9. The van der Waals surface area contributed by atoms with Crippen molar-refractivity contribution in [1.29, 1.82) is 0 Å². The predicted molar refractivity (Wildman–Crippen MR) is 127 cm³/mol. The number of hydrogen-bond acceptors (Lipinski definition) is 4. The van der Waals surface area contributed by atoms with Gasteiger partial charge in [-0.3, -0.25) is 19.2 Å². The number of anilines is 1. The van der Waals surface area contributed by atoms with E-state index < -0.39 is 5.41 Å². The lowest BCUT2D eigenvalue weighted by molar-refractivity contribution is -0.124. The second-order valence-corrected chi connectivity index (χ2v) is 8.95. The quantitative estimate of drug-likeness (QED) is 0.416. The number of nitrogens with one attached hydrogen (secondary N) is 1. The Morgan fingerprint density at radius 1 is 0.788 bits per heavy atom. The topological polar surface area (TPSA) is 80.3 Å². The molecular weight excluding hydrogens is 414 g/mol. The lowest BCUT2D eigenvalue weighted by atomic mass is 9.83. The van der Waals surface area contributed by atoms with Crippen LogP contribution >= 0.6 is 0 Å². The van der Waals surface area contributed by atoms with Crippen molar-refractivity contribution in [3.05, 3.63) is 100 Å². The van der Waals surface area contributed by atoms with Gasteiger partial charge in [0, 0.05) is 45.3 Å². The first-order chi connectivity index (χ1) is 15.7. The summed E-state index contributed by atoms with van der Waals surface area (Å²) in [7, 11) is 0. The van der Waals surface area contributed by atoms with E-state index in [4.69, 9.17) is 0 Å². The number of Topliss-reactive ketones (excluding diaryl/α,β-unsaturated/α-hetero) is 1. The lowest BCUT2D eigenvalue weighted by Crippen LogP contribution is -2.29. The normalized spacial score (nSPS) is 12.7. The predicted octanol–water partition coefficient (Wildman–Crippen LogP) is 5.26. The Balaban J connectivity index is 1.50. The summed E-state index contributed by atoms with van der Waals surface area (Å²) >= 11 is 0. The number of fused-ring (bicyclic) bond motifs is 2. The van der Waals surface area contributed by atoms with E-state index in [-0.39, 0.29) is 35.2 Å². The fourth-order valence-corrected chi connectivity index (χ4v) is 3.73. The van der Waals surface area contributed by atoms with Crippen LogP contribution in [0.5, 0.6) is 0 Å². The van der Waals surface area contributed by atoms with Crippen LogP contribution < -0.4 is 5.32 Å². The molecule has 166 valence electrons. The molecule has 1 aliphatic carbocycles. The Morgan fingerprint density at radius 3 is 1.97 bits per heavy atom. The molecule has 0 atom stereocenters. The van der Waals surface area contributed by atoms with Crippen molar-refractivity contribution < 1.29 is 19.2 Å². The summed E-state index contributed by atoms with van der Waals surface area (Å²) in [5, 5.41) is 2.90. The first kappa shape index (κ1) is 22.3. The molecule has 33 heavy (non-hydrogen) atoms. The highest BCUT2D eigenvalue weighted by Crippen LogP contribution is 2.28. The van der Waals surface area contributed by atoms with E-state index in [2.05, 4.69) is 5.32 Å². The molecule has 0 heterocycles. The van der Waals surface area contributed by atoms with Gasteiger partial charge in [0.15, 0.2) is 17.3 Å². The molecule has 0 radical (unpaired) electrons. The summed E-state index contributed by atoms with van der Waals surface area (Å²) in [6.07, 6.45) is 0.873. The Labute approximate surface area is 192 Å². The summed E-state index contributed by atoms with van der Waals surface area (Å²) in [5.41, 5.74) is 2.74. The summed E-state index contributed by atoms with van der Waals surface area (Å²) < 4.78 is 0. The molecule has 0 aromatic heterocycles. The van der Waals surface area contributed by atoms with Crippen molar-refractivity contribution in [2.24, 2.45) is 5.41 Å². The van der Waals surface area contributed by atoms with Crippen LogP contribution in [0.1, 0.15) is 75.0 Å². The molecule has 1 N–H and O–H groups in total. The van der Waals surface area contributed by atoms with Crippen LogP contribution in [0.15, 0.2) is 66.7 Å². The van der Waals surface area contributed by atoms with Gasteiger partial charge in [0.1, 0.15) is 0 Å². The monoisotopic (exact) mass is 439 g/mol. The Hall–Kier alpha value is -3.86. The van der Waals surface area contributed by atoms with Crippen LogP contribution in [-0.2, 0) is 11.2 Å². The molecule has 0 saturated heterocycles. The molecule has 0 bridgehead atoms. The standard InChI is InChI=1S/C28H25NO4/c1-4-28(2,3)27(33)29-19-12-9-17(10-13-19)15-24(30)18-11-14-22-23(16-18)26(32)21-8-6-5-7-20(21)25(22)31/h5-14,16H,4,15H2,1-3H3,(H,29,33). The van der Waals surface area contributed by atoms with Gasteiger partial charge in [-0.2, -0.15) is 0 Å². The van der Waals surface area contributed by atoms with Crippen molar-refractivity contribution in [2.75, 3.05) is 5.32 Å². The SMILES string of the molecule is CCC(C)(C)C(=O)Nc1ccc(CC(=O)c2ccc3c(c2)C(=O)c2ccccc2C3=O)cc1. The van der Waals surface area contributed by atoms with Crippen molar-refractivity contribution in [3.63, 3.8) is 0 Å². The van der Waals surface area contributed by atoms with Crippen LogP contribution in [0.25, 0.3) is 0 Å². The highest BCUT2D eigenvalue weighted by atomic mass is 16.2. The van der Waals surface area contributed by atoms with Crippen LogP contribution in [0.4, 0.5) is 5.69 Å². The number of amides is 1. The minimum Gasteiger partial charge on any atom is -0.326 e. The van der Waals surface area contributed by atoms with Gasteiger partial charge >= 0.3 is 0 Å². The Kier molecular flexibility index (Phi) is 5.81. The van der Waals surface area contributed by atoms with Crippen molar-refractivity contribution >= 4 is 28.9 Å². The van der Waals surface area contributed by atoms with Crippen LogP contribution in [-0.4, -0.2) is 23.3 Å². The maximum Gasteiger partial charge on any atom is 0.230 e. The van der Waals surface area contributed by atoms with E-state index in [1.54, 1.807) is 60.7 Å². The molecular formula is C28H25NO4. The smallest absolute Gasteiger partial charge is 0.230 e. The van der Waals surface area contributed by atoms with Gasteiger partial charge in [0.25, 0.3) is 0 Å². The molecule has 0 fully saturated rings. The van der Waals surface area contributed by atoms with Gasteiger partial charge in [0.2, 0.25) is 5.91 Å². The minimum atomic E-state index is -0.458. The van der Waals surface area contributed by atoms with Crippen LogP contribution in [0, 0.1) is 5.41 Å². The maximum atomic E-state index is 12.9. The number of benzene rings is 3. The lowest BCUT2D eigenvalue weighted by Gasteiger charge is -2.21. The first-order valence-electron chi connectivity index (χ1n) is 11.0. The van der Waals surface area contributed by atoms with Gasteiger partial charge in [-0.05, 0) is 36.2 Å². The molecule has 3 aromatic carbocycles. The summed E-state index contributed by atoms with van der Waals surface area (Å²) in [5.74, 6) is -0.655. The average Bonchev–Trinajstić information content (AvgIpc) is 2.83. The van der Waals surface area contributed by atoms with E-state index in [1.807, 2.05) is 20.8 Å². The van der Waals surface area contributed by atoms with E-state index in [9.17, 15) is 19.2 Å². The number of rotatable bonds is 6. The van der Waals surface area contributed by atoms with Gasteiger partial charge in [-0.1, -0.05) is 63.2 Å². The number of hydrogen-bond donors (Lipinski definition) is 1. The molecule has 5 nitrogen and oxygen atoms in total. The largest absolute Gasteiger partial charge is 0.326 e. The zero-order valence-corrected chi connectivity index (χ0v) is 18.9. The molecule has 3 aromatic rings. The van der Waals surface area contributed by atoms with E-state index in [0.29, 0.717) is 27.9 Å². The van der Waals surface area contributed by atoms with Crippen LogP contribution in [0.2, 0.25) is 0 Å². The van der Waals surface area contributed by atoms with Gasteiger partial charge in [-0.25, -0.2) is 0 Å².